The van der Waals surface area contributed by atoms with Crippen LogP contribution < -0.4 is 11.1 Å². The van der Waals surface area contributed by atoms with Gasteiger partial charge in [0, 0.05) is 13.0 Å². The lowest BCUT2D eigenvalue weighted by Crippen LogP contribution is -2.33. The molecule has 0 atom stereocenters. The zero-order valence-electron chi connectivity index (χ0n) is 12.0. The van der Waals surface area contributed by atoms with Crippen LogP contribution >= 0.6 is 0 Å². The number of nitrogens with one attached hydrogen (secondary N) is 1. The first-order chi connectivity index (χ1) is 7.99. The fraction of sp³-hybridized carbons (Fsp3) is 0.929. The monoisotopic (exact) mass is 242 g/mol. The van der Waals surface area contributed by atoms with E-state index < -0.39 is 0 Å². The lowest BCUT2D eigenvalue weighted by molar-refractivity contribution is -0.121. The Bertz CT molecular complexity index is 194. The van der Waals surface area contributed by atoms with Crippen LogP contribution in [0.15, 0.2) is 0 Å². The minimum Gasteiger partial charge on any atom is -0.356 e. The summed E-state index contributed by atoms with van der Waals surface area (Å²) < 4.78 is 0. The maximum Gasteiger partial charge on any atom is 0.220 e. The molecule has 17 heavy (non-hydrogen) atoms. The van der Waals surface area contributed by atoms with Crippen LogP contribution in [-0.4, -0.2) is 19.0 Å². The maximum atomic E-state index is 11.6. The summed E-state index contributed by atoms with van der Waals surface area (Å²) >= 11 is 0. The Hall–Kier alpha value is -0.570. The second-order valence-electron chi connectivity index (χ2n) is 5.56. The maximum absolute atomic E-state index is 11.6. The first kappa shape index (κ1) is 16.4. The van der Waals surface area contributed by atoms with E-state index >= 15 is 0 Å². The predicted octanol–water partition coefficient (Wildman–Crippen LogP) is 2.55. The minimum absolute atomic E-state index is 0.188. The normalized spacial score (nSPS) is 11.5. The van der Waals surface area contributed by atoms with Crippen molar-refractivity contribution >= 4 is 5.91 Å². The Morgan fingerprint density at radius 3 is 2.12 bits per heavy atom. The zero-order chi connectivity index (χ0) is 13.3. The van der Waals surface area contributed by atoms with E-state index in [-0.39, 0.29) is 5.91 Å². The molecule has 0 unspecified atom stereocenters. The predicted molar refractivity (Wildman–Crippen MR) is 73.7 cm³/mol. The van der Waals surface area contributed by atoms with Gasteiger partial charge in [-0.25, -0.2) is 0 Å². The first-order valence-electron chi connectivity index (χ1n) is 6.95. The highest BCUT2D eigenvalue weighted by Crippen LogP contribution is 2.19. The van der Waals surface area contributed by atoms with Crippen LogP contribution in [-0.2, 0) is 4.79 Å². The zero-order valence-corrected chi connectivity index (χ0v) is 12.0. The molecule has 0 aromatic heterocycles. The van der Waals surface area contributed by atoms with Crippen LogP contribution in [0.3, 0.4) is 0 Å². The molecule has 1 amide bonds. The van der Waals surface area contributed by atoms with Crippen LogP contribution in [0, 0.1) is 17.8 Å². The van der Waals surface area contributed by atoms with Gasteiger partial charge < -0.3 is 11.1 Å². The summed E-state index contributed by atoms with van der Waals surface area (Å²) in [6.07, 6.45) is 3.68. The molecular formula is C14H30N2O. The van der Waals surface area contributed by atoms with Gasteiger partial charge in [0.05, 0.1) is 0 Å². The van der Waals surface area contributed by atoms with Gasteiger partial charge in [-0.15, -0.1) is 0 Å². The molecule has 0 aromatic rings. The number of carbonyl (C=O) groups is 1. The van der Waals surface area contributed by atoms with Crippen LogP contribution in [0.25, 0.3) is 0 Å². The molecule has 0 saturated heterocycles. The van der Waals surface area contributed by atoms with Crippen LogP contribution in [0.4, 0.5) is 0 Å². The van der Waals surface area contributed by atoms with Crippen molar-refractivity contribution in [3.8, 4) is 0 Å². The smallest absolute Gasteiger partial charge is 0.220 e. The molecule has 0 aromatic carbocycles. The summed E-state index contributed by atoms with van der Waals surface area (Å²) in [6.45, 7) is 10.4. The first-order valence-corrected chi connectivity index (χ1v) is 6.95. The lowest BCUT2D eigenvalue weighted by atomic mass is 9.85. The molecule has 3 nitrogen and oxygen atoms in total. The Morgan fingerprint density at radius 1 is 1.06 bits per heavy atom. The van der Waals surface area contributed by atoms with E-state index in [0.29, 0.717) is 24.2 Å². The highest BCUT2D eigenvalue weighted by Gasteiger charge is 2.17. The van der Waals surface area contributed by atoms with Gasteiger partial charge in [0.15, 0.2) is 0 Å². The molecule has 3 heteroatoms. The molecule has 0 saturated carbocycles. The summed E-state index contributed by atoms with van der Waals surface area (Å²) in [5, 5.41) is 3.05. The summed E-state index contributed by atoms with van der Waals surface area (Å²) in [5.74, 6) is 2.00. The van der Waals surface area contributed by atoms with Crippen LogP contribution in [0.5, 0.6) is 0 Å². The summed E-state index contributed by atoms with van der Waals surface area (Å²) in [6, 6.07) is 0. The fourth-order valence-electron chi connectivity index (χ4n) is 2.17. The van der Waals surface area contributed by atoms with Crippen molar-refractivity contribution in [2.75, 3.05) is 13.1 Å². The van der Waals surface area contributed by atoms with Gasteiger partial charge in [-0.2, -0.15) is 0 Å². The summed E-state index contributed by atoms with van der Waals surface area (Å²) in [4.78, 5) is 11.6. The van der Waals surface area contributed by atoms with E-state index in [0.717, 1.165) is 32.4 Å². The topological polar surface area (TPSA) is 55.1 Å². The van der Waals surface area contributed by atoms with Crippen LogP contribution in [0.1, 0.15) is 53.4 Å². The Labute approximate surface area is 107 Å². The Balaban J connectivity index is 3.73. The third kappa shape index (κ3) is 8.19. The van der Waals surface area contributed by atoms with E-state index in [9.17, 15) is 4.79 Å². The van der Waals surface area contributed by atoms with Gasteiger partial charge in [-0.3, -0.25) is 4.79 Å². The SMILES string of the molecule is CC(C)C(CNC(=O)CCCCCN)C(C)C. The van der Waals surface area contributed by atoms with Gasteiger partial charge in [-0.05, 0) is 37.1 Å². The molecule has 0 fully saturated rings. The van der Waals surface area contributed by atoms with Crippen molar-refractivity contribution in [3.05, 3.63) is 0 Å². The number of hydrogen-bond acceptors (Lipinski definition) is 2. The molecule has 0 aliphatic carbocycles. The van der Waals surface area contributed by atoms with Crippen molar-refractivity contribution in [2.24, 2.45) is 23.5 Å². The number of unbranched alkanes of at least 4 members (excludes halogenated alkanes) is 2. The fourth-order valence-corrected chi connectivity index (χ4v) is 2.17. The van der Waals surface area contributed by atoms with Crippen molar-refractivity contribution in [2.45, 2.75) is 53.4 Å². The summed E-state index contributed by atoms with van der Waals surface area (Å²) in [5.41, 5.74) is 5.41. The molecule has 0 bridgehead atoms. The molecule has 0 aliphatic heterocycles. The van der Waals surface area contributed by atoms with E-state index in [1.54, 1.807) is 0 Å². The standard InChI is InChI=1S/C14H30N2O/c1-11(2)13(12(3)4)10-16-14(17)8-6-5-7-9-15/h11-13H,5-10,15H2,1-4H3,(H,16,17). The van der Waals surface area contributed by atoms with Gasteiger partial charge >= 0.3 is 0 Å². The second-order valence-corrected chi connectivity index (χ2v) is 5.56. The number of rotatable bonds is 9. The quantitative estimate of drug-likeness (QED) is 0.611. The van der Waals surface area contributed by atoms with Crippen molar-refractivity contribution in [1.29, 1.82) is 0 Å². The molecule has 0 heterocycles. The van der Waals surface area contributed by atoms with E-state index in [1.807, 2.05) is 0 Å². The largest absolute Gasteiger partial charge is 0.356 e. The number of amides is 1. The second kappa shape index (κ2) is 9.46. The average Bonchev–Trinajstić information content (AvgIpc) is 2.23. The third-order valence-corrected chi connectivity index (χ3v) is 3.36. The molecule has 0 aliphatic rings. The highest BCUT2D eigenvalue weighted by atomic mass is 16.1. The Morgan fingerprint density at radius 2 is 1.65 bits per heavy atom. The lowest BCUT2D eigenvalue weighted by Gasteiger charge is -2.25. The Kier molecular flexibility index (Phi) is 9.14. The number of hydrogen-bond donors (Lipinski definition) is 2. The number of carbonyl (C=O) groups excluding carboxylic acids is 1. The molecule has 3 N–H and O–H groups in total. The van der Waals surface area contributed by atoms with Gasteiger partial charge in [0.1, 0.15) is 0 Å². The van der Waals surface area contributed by atoms with Crippen LogP contribution in [0.2, 0.25) is 0 Å². The van der Waals surface area contributed by atoms with Crippen molar-refractivity contribution in [3.63, 3.8) is 0 Å². The van der Waals surface area contributed by atoms with E-state index in [4.69, 9.17) is 5.73 Å². The third-order valence-electron chi connectivity index (χ3n) is 3.36. The van der Waals surface area contributed by atoms with Gasteiger partial charge in [0.2, 0.25) is 5.91 Å². The van der Waals surface area contributed by atoms with E-state index in [1.165, 1.54) is 0 Å². The summed E-state index contributed by atoms with van der Waals surface area (Å²) in [7, 11) is 0. The van der Waals surface area contributed by atoms with E-state index in [2.05, 4.69) is 33.0 Å². The molecule has 0 rings (SSSR count). The van der Waals surface area contributed by atoms with Gasteiger partial charge in [-0.1, -0.05) is 34.1 Å². The van der Waals surface area contributed by atoms with Crippen molar-refractivity contribution < 1.29 is 4.79 Å². The molecule has 0 spiro atoms. The van der Waals surface area contributed by atoms with Gasteiger partial charge in [0.25, 0.3) is 0 Å². The average molecular weight is 242 g/mol. The minimum atomic E-state index is 0.188. The molecule has 102 valence electrons. The van der Waals surface area contributed by atoms with Crippen molar-refractivity contribution in [1.82, 2.24) is 5.32 Å². The molecule has 0 radical (unpaired) electrons. The molecular weight excluding hydrogens is 212 g/mol. The number of nitrogens with two attached hydrogens (primary N) is 1. The highest BCUT2D eigenvalue weighted by molar-refractivity contribution is 5.75.